The van der Waals surface area contributed by atoms with Crippen molar-refractivity contribution in [2.24, 2.45) is 5.73 Å². The Kier molecular flexibility index (Phi) is 5.69. The molecule has 0 bridgehead atoms. The van der Waals surface area contributed by atoms with Crippen LogP contribution in [0.3, 0.4) is 0 Å². The predicted octanol–water partition coefficient (Wildman–Crippen LogP) is -0.224. The van der Waals surface area contributed by atoms with Crippen molar-refractivity contribution in [3.05, 3.63) is 0 Å². The molecule has 32 valence electrons. The van der Waals surface area contributed by atoms with Crippen molar-refractivity contribution >= 4 is 6.09 Å². The highest BCUT2D eigenvalue weighted by molar-refractivity contribution is 5.61. The van der Waals surface area contributed by atoms with Crippen molar-refractivity contribution in [2.75, 3.05) is 0 Å². The maximum Gasteiger partial charge on any atom is 0.402 e. The average Bonchev–Trinajstić information content (AvgIpc) is 0.811. The molecule has 0 spiro atoms. The molecule has 0 saturated heterocycles. The summed E-state index contributed by atoms with van der Waals surface area (Å²) >= 11 is 0. The Balaban J connectivity index is 0. The zero-order valence-corrected chi connectivity index (χ0v) is 2.34. The monoisotopic (exact) mass is 81.0 g/mol. The Hall–Kier alpha value is -0.800. The third-order valence-electron chi connectivity index (χ3n) is 0. The first-order valence-corrected chi connectivity index (χ1v) is 0.716. The van der Waals surface area contributed by atoms with Crippen molar-refractivity contribution in [3.8, 4) is 0 Å². The maximum atomic E-state index is 8.78. The quantitative estimate of drug-likeness (QED) is 0.423. The number of hydrogen-bond donors (Lipinski definition) is 2. The van der Waals surface area contributed by atoms with E-state index < -0.39 is 6.09 Å². The molecule has 0 aromatic heterocycles. The first-order valence-electron chi connectivity index (χ1n) is 0.716. The van der Waals surface area contributed by atoms with E-state index in [9.17, 15) is 0 Å². The van der Waals surface area contributed by atoms with Gasteiger partial charge in [-0.25, -0.2) is 4.79 Å². The minimum Gasteiger partial charge on any atom is -0.465 e. The van der Waals surface area contributed by atoms with Crippen LogP contribution < -0.4 is 5.73 Å². The minimum absolute atomic E-state index is 0. The number of carboxylic acid groups (broad SMARTS) is 1. The fourth-order valence-corrected chi connectivity index (χ4v) is 0. The Morgan fingerprint density at radius 3 is 1.80 bits per heavy atom. The van der Waals surface area contributed by atoms with Crippen LogP contribution >= 0.6 is 0 Å². The van der Waals surface area contributed by atoms with Crippen molar-refractivity contribution in [2.45, 2.75) is 0 Å². The summed E-state index contributed by atoms with van der Waals surface area (Å²) < 4.78 is 0. The highest BCUT2D eigenvalue weighted by Crippen LogP contribution is 1.34. The summed E-state index contributed by atoms with van der Waals surface area (Å²) in [4.78, 5) is 8.78. The molecule has 1 amide bonds. The molecule has 0 heterocycles. The van der Waals surface area contributed by atoms with Gasteiger partial charge in [-0.05, 0) is 0 Å². The summed E-state index contributed by atoms with van der Waals surface area (Å²) in [7, 11) is 0. The molecular weight excluding hydrogens is 77.0 g/mol. The Bertz CT molecular complexity index is 32.6. The van der Waals surface area contributed by atoms with Gasteiger partial charge in [-0.15, -0.1) is 0 Å². The number of nitrogens with two attached hydrogens (primary N) is 1. The predicted molar refractivity (Wildman–Crippen MR) is 14.7 cm³/mol. The molecule has 0 aromatic rings. The summed E-state index contributed by atoms with van der Waals surface area (Å²) in [5.74, 6) is 0. The Labute approximate surface area is 27.8 Å². The molecule has 0 unspecified atom stereocenters. The second-order valence-corrected chi connectivity index (χ2v) is 0.338. The standard InChI is InChI=1S/CH3NO2.FH/c2-1(3)4;/h2H2,(H,3,4);1H. The highest BCUT2D eigenvalue weighted by atomic mass is 19.0. The maximum absolute atomic E-state index is 8.78. The normalized spacial score (nSPS) is 4.80. The lowest BCUT2D eigenvalue weighted by molar-refractivity contribution is 0.205. The van der Waals surface area contributed by atoms with E-state index in [-0.39, 0.29) is 4.70 Å². The number of hydrogen-bond acceptors (Lipinski definition) is 1. The molecule has 0 aliphatic carbocycles. The van der Waals surface area contributed by atoms with Crippen LogP contribution in [0.5, 0.6) is 0 Å². The van der Waals surface area contributed by atoms with Gasteiger partial charge in [-0.3, -0.25) is 4.70 Å². The second kappa shape index (κ2) is 3.20. The molecular formula is CH4FNO2. The third-order valence-corrected chi connectivity index (χ3v) is 0. The number of halogens is 1. The van der Waals surface area contributed by atoms with E-state index in [0.29, 0.717) is 0 Å². The molecule has 3 nitrogen and oxygen atoms in total. The molecule has 0 atom stereocenters. The molecule has 4 heteroatoms. The van der Waals surface area contributed by atoms with Crippen LogP contribution in [0.2, 0.25) is 0 Å². The van der Waals surface area contributed by atoms with Gasteiger partial charge in [-0.2, -0.15) is 0 Å². The number of carbonyl (C=O) groups is 1. The van der Waals surface area contributed by atoms with Crippen LogP contribution in [-0.4, -0.2) is 11.2 Å². The summed E-state index contributed by atoms with van der Waals surface area (Å²) in [5, 5.41) is 7.19. The van der Waals surface area contributed by atoms with Gasteiger partial charge in [0.2, 0.25) is 0 Å². The zero-order chi connectivity index (χ0) is 3.58. The largest absolute Gasteiger partial charge is 0.465 e. The van der Waals surface area contributed by atoms with Crippen LogP contribution in [0.15, 0.2) is 0 Å². The Morgan fingerprint density at radius 2 is 1.80 bits per heavy atom. The first-order chi connectivity index (χ1) is 1.73. The summed E-state index contributed by atoms with van der Waals surface area (Å²) in [6, 6.07) is 0. The minimum atomic E-state index is -1.33. The van der Waals surface area contributed by atoms with Crippen LogP contribution in [0.4, 0.5) is 9.50 Å². The SMILES string of the molecule is F.NC(=O)O. The van der Waals surface area contributed by atoms with Crippen LogP contribution in [0.25, 0.3) is 0 Å². The van der Waals surface area contributed by atoms with E-state index in [0.717, 1.165) is 0 Å². The zero-order valence-electron chi connectivity index (χ0n) is 2.34. The van der Waals surface area contributed by atoms with E-state index >= 15 is 0 Å². The van der Waals surface area contributed by atoms with E-state index in [2.05, 4.69) is 5.73 Å². The molecule has 0 aliphatic rings. The molecule has 0 radical (unpaired) electrons. The van der Waals surface area contributed by atoms with Crippen LogP contribution in [-0.2, 0) is 0 Å². The first kappa shape index (κ1) is 8.89. The lowest BCUT2D eigenvalue weighted by Gasteiger charge is -1.61. The van der Waals surface area contributed by atoms with E-state index in [1.165, 1.54) is 0 Å². The molecule has 3 N–H and O–H groups in total. The van der Waals surface area contributed by atoms with Gasteiger partial charge < -0.3 is 10.8 Å². The van der Waals surface area contributed by atoms with Crippen molar-refractivity contribution < 1.29 is 14.6 Å². The van der Waals surface area contributed by atoms with Gasteiger partial charge in [0.1, 0.15) is 0 Å². The highest BCUT2D eigenvalue weighted by Gasteiger charge is 1.65. The average molecular weight is 81.0 g/mol. The smallest absolute Gasteiger partial charge is 0.402 e. The fraction of sp³-hybridized carbons (Fsp3) is 0. The van der Waals surface area contributed by atoms with Crippen molar-refractivity contribution in [3.63, 3.8) is 0 Å². The lowest BCUT2D eigenvalue weighted by Crippen LogP contribution is -2.03. The van der Waals surface area contributed by atoms with Gasteiger partial charge in [0.25, 0.3) is 0 Å². The topological polar surface area (TPSA) is 63.3 Å². The number of rotatable bonds is 0. The Morgan fingerprint density at radius 1 is 1.80 bits per heavy atom. The van der Waals surface area contributed by atoms with Gasteiger partial charge in [0.05, 0.1) is 0 Å². The van der Waals surface area contributed by atoms with E-state index in [4.69, 9.17) is 9.90 Å². The van der Waals surface area contributed by atoms with Gasteiger partial charge in [0, 0.05) is 0 Å². The third kappa shape index (κ3) is 7.20. The van der Waals surface area contributed by atoms with Gasteiger partial charge in [-0.1, -0.05) is 0 Å². The van der Waals surface area contributed by atoms with Crippen LogP contribution in [0, 0.1) is 0 Å². The van der Waals surface area contributed by atoms with Gasteiger partial charge >= 0.3 is 6.09 Å². The van der Waals surface area contributed by atoms with Crippen LogP contribution in [0.1, 0.15) is 0 Å². The molecule has 5 heavy (non-hydrogen) atoms. The second-order valence-electron chi connectivity index (χ2n) is 0.338. The van der Waals surface area contributed by atoms with E-state index in [1.54, 1.807) is 0 Å². The van der Waals surface area contributed by atoms with E-state index in [1.807, 2.05) is 0 Å². The van der Waals surface area contributed by atoms with Gasteiger partial charge in [0.15, 0.2) is 0 Å². The fourth-order valence-electron chi connectivity index (χ4n) is 0. The van der Waals surface area contributed by atoms with Crippen molar-refractivity contribution in [1.29, 1.82) is 0 Å². The summed E-state index contributed by atoms with van der Waals surface area (Å²) in [6.07, 6.45) is -1.33. The molecule has 0 saturated carbocycles. The van der Waals surface area contributed by atoms with Crippen molar-refractivity contribution in [1.82, 2.24) is 0 Å². The number of amides is 1. The summed E-state index contributed by atoms with van der Waals surface area (Å²) in [5.41, 5.74) is 4.03. The lowest BCUT2D eigenvalue weighted by atomic mass is 11.3. The molecule has 0 rings (SSSR count). The summed E-state index contributed by atoms with van der Waals surface area (Å²) in [6.45, 7) is 0. The molecule has 0 fully saturated rings. The molecule has 0 aliphatic heterocycles. The molecule has 0 aromatic carbocycles. The number of primary amides is 1.